The van der Waals surface area contributed by atoms with Gasteiger partial charge in [0.15, 0.2) is 0 Å². The molecule has 100 valence electrons. The number of nitrogens with zero attached hydrogens (tertiary/aromatic N) is 1. The van der Waals surface area contributed by atoms with Crippen LogP contribution in [-0.4, -0.2) is 6.54 Å². The number of rotatable bonds is 7. The quantitative estimate of drug-likeness (QED) is 0.742. The first-order valence-electron chi connectivity index (χ1n) is 6.64. The Bertz CT molecular complexity index is 374. The van der Waals surface area contributed by atoms with Crippen molar-refractivity contribution in [1.29, 1.82) is 5.26 Å². The summed E-state index contributed by atoms with van der Waals surface area (Å²) in [6, 6.07) is 7.10. The van der Waals surface area contributed by atoms with Gasteiger partial charge in [-0.2, -0.15) is 5.26 Å². The van der Waals surface area contributed by atoms with Gasteiger partial charge in [-0.3, -0.25) is 0 Å². The fourth-order valence-electron chi connectivity index (χ4n) is 1.98. The van der Waals surface area contributed by atoms with Gasteiger partial charge in [0.2, 0.25) is 0 Å². The maximum absolute atomic E-state index is 8.97. The highest BCUT2D eigenvalue weighted by Crippen LogP contribution is 2.26. The molecule has 18 heavy (non-hydrogen) atoms. The molecular formula is C15H24N2S. The van der Waals surface area contributed by atoms with Crippen molar-refractivity contribution in [3.8, 4) is 6.07 Å². The largest absolute Gasteiger partial charge is 0.309 e. The minimum absolute atomic E-state index is 0.196. The van der Waals surface area contributed by atoms with E-state index in [1.807, 2.05) is 25.2 Å². The number of hydrogen-bond acceptors (Lipinski definition) is 3. The summed E-state index contributed by atoms with van der Waals surface area (Å²) in [4.78, 5) is 1.41. The first-order chi connectivity index (χ1) is 8.46. The lowest BCUT2D eigenvalue weighted by Gasteiger charge is -2.22. The zero-order valence-corrected chi connectivity index (χ0v) is 12.7. The molecule has 0 bridgehead atoms. The van der Waals surface area contributed by atoms with Gasteiger partial charge in [0, 0.05) is 10.9 Å². The summed E-state index contributed by atoms with van der Waals surface area (Å²) in [6.45, 7) is 9.48. The molecule has 2 nitrogen and oxygen atoms in total. The van der Waals surface area contributed by atoms with Crippen LogP contribution in [0.5, 0.6) is 0 Å². The van der Waals surface area contributed by atoms with E-state index in [9.17, 15) is 0 Å². The number of nitriles is 1. The van der Waals surface area contributed by atoms with Gasteiger partial charge in [-0.05, 0) is 50.6 Å². The summed E-state index contributed by atoms with van der Waals surface area (Å²) in [5, 5.41) is 14.7. The lowest BCUT2D eigenvalue weighted by molar-refractivity contribution is 0.381. The topological polar surface area (TPSA) is 35.8 Å². The van der Waals surface area contributed by atoms with Crippen molar-refractivity contribution in [3.05, 3.63) is 22.4 Å². The Hall–Kier alpha value is -0.850. The zero-order chi connectivity index (χ0) is 13.6. The molecule has 0 aromatic carbocycles. The van der Waals surface area contributed by atoms with Crippen LogP contribution in [0.1, 0.15) is 51.5 Å². The Labute approximate surface area is 115 Å². The first-order valence-corrected chi connectivity index (χ1v) is 7.52. The lowest BCUT2D eigenvalue weighted by Crippen LogP contribution is -2.26. The molecule has 1 unspecified atom stereocenters. The highest BCUT2D eigenvalue weighted by molar-refractivity contribution is 7.10. The Morgan fingerprint density at radius 2 is 2.17 bits per heavy atom. The number of nitrogens with one attached hydrogen (secondary N) is 1. The molecule has 1 N–H and O–H groups in total. The van der Waals surface area contributed by atoms with E-state index in [0.29, 0.717) is 12.0 Å². The van der Waals surface area contributed by atoms with Crippen LogP contribution in [-0.2, 0) is 0 Å². The lowest BCUT2D eigenvalue weighted by atomic mass is 9.90. The van der Waals surface area contributed by atoms with Gasteiger partial charge >= 0.3 is 0 Å². The zero-order valence-electron chi connectivity index (χ0n) is 11.9. The van der Waals surface area contributed by atoms with Gasteiger partial charge in [0.1, 0.15) is 0 Å². The van der Waals surface area contributed by atoms with Crippen molar-refractivity contribution >= 4 is 11.3 Å². The van der Waals surface area contributed by atoms with Gasteiger partial charge in [0.25, 0.3) is 0 Å². The second-order valence-corrected chi connectivity index (χ2v) is 6.77. The summed E-state index contributed by atoms with van der Waals surface area (Å²) in [6.07, 6.45) is 2.00. The van der Waals surface area contributed by atoms with Gasteiger partial charge in [0.05, 0.1) is 11.5 Å². The van der Waals surface area contributed by atoms with E-state index in [2.05, 4.69) is 42.7 Å². The molecule has 0 spiro atoms. The molecule has 1 aromatic rings. The van der Waals surface area contributed by atoms with Crippen molar-refractivity contribution in [1.82, 2.24) is 5.32 Å². The van der Waals surface area contributed by atoms with E-state index in [1.54, 1.807) is 0 Å². The summed E-state index contributed by atoms with van der Waals surface area (Å²) < 4.78 is 0. The highest BCUT2D eigenvalue weighted by Gasteiger charge is 2.18. The van der Waals surface area contributed by atoms with E-state index in [4.69, 9.17) is 5.26 Å². The van der Waals surface area contributed by atoms with E-state index in [1.165, 1.54) is 4.88 Å². The molecule has 1 aromatic heterocycles. The average molecular weight is 264 g/mol. The summed E-state index contributed by atoms with van der Waals surface area (Å²) >= 11 is 1.81. The predicted molar refractivity (Wildman–Crippen MR) is 78.5 cm³/mol. The second kappa shape index (κ2) is 6.92. The number of hydrogen-bond donors (Lipinski definition) is 1. The van der Waals surface area contributed by atoms with Crippen molar-refractivity contribution in [2.75, 3.05) is 6.54 Å². The molecule has 0 aliphatic carbocycles. The minimum Gasteiger partial charge on any atom is -0.309 e. The molecule has 0 saturated carbocycles. The molecule has 1 atom stereocenters. The van der Waals surface area contributed by atoms with Crippen LogP contribution in [0.25, 0.3) is 0 Å². The third-order valence-electron chi connectivity index (χ3n) is 3.16. The predicted octanol–water partition coefficient (Wildman–Crippen LogP) is 4.36. The van der Waals surface area contributed by atoms with E-state index >= 15 is 0 Å². The molecule has 0 fully saturated rings. The van der Waals surface area contributed by atoms with E-state index < -0.39 is 0 Å². The van der Waals surface area contributed by atoms with Crippen LogP contribution in [0.2, 0.25) is 0 Å². The number of thiophene rings is 1. The summed E-state index contributed by atoms with van der Waals surface area (Å²) in [5.74, 6) is 0.590. The average Bonchev–Trinajstić information content (AvgIpc) is 2.81. The molecule has 0 saturated heterocycles. The van der Waals surface area contributed by atoms with Gasteiger partial charge in [-0.1, -0.05) is 19.9 Å². The molecular weight excluding hydrogens is 240 g/mol. The van der Waals surface area contributed by atoms with Crippen molar-refractivity contribution < 1.29 is 0 Å². The van der Waals surface area contributed by atoms with Crippen LogP contribution in [0.4, 0.5) is 0 Å². The molecule has 0 aliphatic heterocycles. The normalized spacial score (nSPS) is 13.6. The van der Waals surface area contributed by atoms with Crippen LogP contribution in [0, 0.1) is 22.7 Å². The maximum atomic E-state index is 8.97. The van der Waals surface area contributed by atoms with Crippen LogP contribution >= 0.6 is 11.3 Å². The Balaban J connectivity index is 2.39. The van der Waals surface area contributed by atoms with E-state index in [-0.39, 0.29) is 5.41 Å². The van der Waals surface area contributed by atoms with Gasteiger partial charge in [-0.15, -0.1) is 11.3 Å². The first kappa shape index (κ1) is 15.2. The van der Waals surface area contributed by atoms with Crippen LogP contribution in [0.3, 0.4) is 0 Å². The Morgan fingerprint density at radius 3 is 2.67 bits per heavy atom. The van der Waals surface area contributed by atoms with E-state index in [0.717, 1.165) is 19.4 Å². The third kappa shape index (κ3) is 4.80. The maximum Gasteiger partial charge on any atom is 0.0683 e. The summed E-state index contributed by atoms with van der Waals surface area (Å²) in [5.41, 5.74) is -0.196. The smallest absolute Gasteiger partial charge is 0.0683 e. The summed E-state index contributed by atoms with van der Waals surface area (Å²) in [7, 11) is 0. The van der Waals surface area contributed by atoms with Crippen molar-refractivity contribution in [3.63, 3.8) is 0 Å². The Morgan fingerprint density at radius 1 is 1.44 bits per heavy atom. The molecule has 0 radical (unpaired) electrons. The molecule has 3 heteroatoms. The SMILES string of the molecule is CC(C)C(NCCCC(C)(C)C#N)c1cccs1. The Kier molecular flexibility index (Phi) is 5.84. The van der Waals surface area contributed by atoms with Crippen molar-refractivity contribution in [2.24, 2.45) is 11.3 Å². The molecule has 0 aliphatic rings. The van der Waals surface area contributed by atoms with Crippen LogP contribution in [0.15, 0.2) is 17.5 Å². The van der Waals surface area contributed by atoms with Crippen LogP contribution < -0.4 is 5.32 Å². The highest BCUT2D eigenvalue weighted by atomic mass is 32.1. The van der Waals surface area contributed by atoms with Gasteiger partial charge in [-0.25, -0.2) is 0 Å². The van der Waals surface area contributed by atoms with Gasteiger partial charge < -0.3 is 5.32 Å². The third-order valence-corrected chi connectivity index (χ3v) is 4.12. The minimum atomic E-state index is -0.196. The molecule has 0 amide bonds. The fourth-order valence-corrected chi connectivity index (χ4v) is 2.95. The molecule has 1 heterocycles. The standard InChI is InChI=1S/C15H24N2S/c1-12(2)14(13-7-5-10-18-13)17-9-6-8-15(3,4)11-16/h5,7,10,12,14,17H,6,8-9H2,1-4H3. The second-order valence-electron chi connectivity index (χ2n) is 5.79. The monoisotopic (exact) mass is 264 g/mol. The molecule has 1 rings (SSSR count). The fraction of sp³-hybridized carbons (Fsp3) is 0.667. The van der Waals surface area contributed by atoms with Crippen molar-refractivity contribution in [2.45, 2.75) is 46.6 Å².